The summed E-state index contributed by atoms with van der Waals surface area (Å²) in [6, 6.07) is 14.6. The molecule has 0 aliphatic carbocycles. The Morgan fingerprint density at radius 1 is 1.13 bits per heavy atom. The fourth-order valence-electron chi connectivity index (χ4n) is 3.83. The van der Waals surface area contributed by atoms with E-state index in [0.29, 0.717) is 6.54 Å². The van der Waals surface area contributed by atoms with Crippen LogP contribution in [0.5, 0.6) is 5.75 Å². The first-order valence-electron chi connectivity index (χ1n) is 10.6. The topological polar surface area (TPSA) is 65.0 Å². The van der Waals surface area contributed by atoms with Crippen LogP contribution < -0.4 is 20.3 Å². The average Bonchev–Trinajstić information content (AvgIpc) is 3.31. The van der Waals surface area contributed by atoms with Gasteiger partial charge in [0.2, 0.25) is 0 Å². The van der Waals surface area contributed by atoms with Crippen LogP contribution in [0, 0.1) is 0 Å². The largest absolute Gasteiger partial charge is 0.496 e. The normalized spacial score (nSPS) is 15.7. The molecule has 1 unspecified atom stereocenters. The van der Waals surface area contributed by atoms with Crippen molar-refractivity contribution in [3.05, 3.63) is 53.7 Å². The third-order valence-electron chi connectivity index (χ3n) is 5.45. The number of likely N-dealkylation sites (tertiary alicyclic amines) is 1. The van der Waals surface area contributed by atoms with Crippen LogP contribution in [-0.2, 0) is 6.54 Å². The maximum Gasteiger partial charge on any atom is 0.191 e. The van der Waals surface area contributed by atoms with Crippen molar-refractivity contribution in [3.63, 3.8) is 0 Å². The summed E-state index contributed by atoms with van der Waals surface area (Å²) in [5.41, 5.74) is 2.19. The van der Waals surface area contributed by atoms with Gasteiger partial charge < -0.3 is 20.3 Å². The molecule has 0 amide bonds. The highest BCUT2D eigenvalue weighted by molar-refractivity contribution is 5.79. The molecule has 162 valence electrons. The summed E-state index contributed by atoms with van der Waals surface area (Å²) < 4.78 is 5.64. The van der Waals surface area contributed by atoms with Crippen molar-refractivity contribution < 1.29 is 4.74 Å². The van der Waals surface area contributed by atoms with Gasteiger partial charge in [-0.25, -0.2) is 4.98 Å². The quantitative estimate of drug-likeness (QED) is 0.515. The van der Waals surface area contributed by atoms with Gasteiger partial charge in [0.25, 0.3) is 0 Å². The Kier molecular flexibility index (Phi) is 7.90. The molecule has 1 atom stereocenters. The molecule has 1 aromatic heterocycles. The summed E-state index contributed by atoms with van der Waals surface area (Å²) in [5, 5.41) is 6.89. The predicted octanol–water partition coefficient (Wildman–Crippen LogP) is 2.66. The fourth-order valence-corrected chi connectivity index (χ4v) is 3.83. The number of aliphatic imine (C=N–C) groups is 1. The molecule has 7 heteroatoms. The van der Waals surface area contributed by atoms with E-state index in [2.05, 4.69) is 37.6 Å². The lowest BCUT2D eigenvalue weighted by atomic mass is 10.0. The van der Waals surface area contributed by atoms with Gasteiger partial charge in [-0.3, -0.25) is 9.89 Å². The summed E-state index contributed by atoms with van der Waals surface area (Å²) >= 11 is 0. The standard InChI is InChI=1S/C23H34N6O/c1-24-23(25-16-18-10-9-13-22(27-18)28(2)3)26-17-20(29-14-7-8-15-29)19-11-5-6-12-21(19)30-4/h5-6,9-13,20H,7-8,14-17H2,1-4H3,(H2,24,25,26). The number of hydrogen-bond donors (Lipinski definition) is 2. The van der Waals surface area contributed by atoms with Gasteiger partial charge in [-0.15, -0.1) is 0 Å². The number of methoxy groups -OCH3 is 1. The van der Waals surface area contributed by atoms with Gasteiger partial charge in [-0.2, -0.15) is 0 Å². The Morgan fingerprint density at radius 2 is 1.90 bits per heavy atom. The fraction of sp³-hybridized carbons (Fsp3) is 0.478. The molecule has 2 N–H and O–H groups in total. The van der Waals surface area contributed by atoms with Crippen LogP contribution in [-0.4, -0.2) is 63.7 Å². The van der Waals surface area contributed by atoms with Crippen LogP contribution in [0.25, 0.3) is 0 Å². The molecule has 1 fully saturated rings. The van der Waals surface area contributed by atoms with Crippen molar-refractivity contribution in [2.24, 2.45) is 4.99 Å². The number of nitrogens with zero attached hydrogens (tertiary/aromatic N) is 4. The van der Waals surface area contributed by atoms with Crippen LogP contribution in [0.15, 0.2) is 47.5 Å². The summed E-state index contributed by atoms with van der Waals surface area (Å²) in [6.45, 7) is 3.59. The Hall–Kier alpha value is -2.80. The van der Waals surface area contributed by atoms with E-state index in [1.54, 1.807) is 14.2 Å². The lowest BCUT2D eigenvalue weighted by molar-refractivity contribution is 0.239. The number of benzene rings is 1. The lowest BCUT2D eigenvalue weighted by Gasteiger charge is -2.30. The molecule has 1 aliphatic heterocycles. The molecule has 0 radical (unpaired) electrons. The molecular weight excluding hydrogens is 376 g/mol. The number of hydrogen-bond acceptors (Lipinski definition) is 5. The van der Waals surface area contributed by atoms with E-state index in [1.807, 2.05) is 49.3 Å². The second-order valence-electron chi connectivity index (χ2n) is 7.69. The van der Waals surface area contributed by atoms with Crippen molar-refractivity contribution in [2.75, 3.05) is 52.8 Å². The highest BCUT2D eigenvalue weighted by Gasteiger charge is 2.26. The SMILES string of the molecule is CN=C(NCc1cccc(N(C)C)n1)NCC(c1ccccc1OC)N1CCCC1. The number of rotatable bonds is 8. The van der Waals surface area contributed by atoms with Crippen LogP contribution in [0.2, 0.25) is 0 Å². The molecule has 1 saturated heterocycles. The molecule has 0 bridgehead atoms. The minimum Gasteiger partial charge on any atom is -0.496 e. The van der Waals surface area contributed by atoms with Crippen LogP contribution in [0.3, 0.4) is 0 Å². The molecule has 1 aromatic carbocycles. The van der Waals surface area contributed by atoms with Gasteiger partial charge >= 0.3 is 0 Å². The maximum atomic E-state index is 5.64. The average molecular weight is 411 g/mol. The van der Waals surface area contributed by atoms with Gasteiger partial charge in [0.1, 0.15) is 11.6 Å². The van der Waals surface area contributed by atoms with Crippen LogP contribution in [0.1, 0.15) is 30.1 Å². The Labute approximate surface area is 180 Å². The molecule has 7 nitrogen and oxygen atoms in total. The van der Waals surface area contributed by atoms with Crippen molar-refractivity contribution in [2.45, 2.75) is 25.4 Å². The Balaban J connectivity index is 1.65. The summed E-state index contributed by atoms with van der Waals surface area (Å²) in [4.78, 5) is 13.6. The maximum absolute atomic E-state index is 5.64. The van der Waals surface area contributed by atoms with Crippen molar-refractivity contribution >= 4 is 11.8 Å². The van der Waals surface area contributed by atoms with Gasteiger partial charge in [-0.1, -0.05) is 24.3 Å². The molecule has 2 heterocycles. The van der Waals surface area contributed by atoms with Crippen LogP contribution in [0.4, 0.5) is 5.82 Å². The molecular formula is C23H34N6O. The molecule has 0 saturated carbocycles. The zero-order valence-corrected chi connectivity index (χ0v) is 18.6. The van der Waals surface area contributed by atoms with Crippen molar-refractivity contribution in [1.82, 2.24) is 20.5 Å². The van der Waals surface area contributed by atoms with Crippen molar-refractivity contribution in [3.8, 4) is 5.75 Å². The minimum atomic E-state index is 0.234. The number of para-hydroxylation sites is 1. The first kappa shape index (κ1) is 21.9. The predicted molar refractivity (Wildman–Crippen MR) is 123 cm³/mol. The highest BCUT2D eigenvalue weighted by atomic mass is 16.5. The summed E-state index contributed by atoms with van der Waals surface area (Å²) in [5.74, 6) is 2.65. The molecule has 3 rings (SSSR count). The number of aromatic nitrogens is 1. The third kappa shape index (κ3) is 5.63. The lowest BCUT2D eigenvalue weighted by Crippen LogP contribution is -2.42. The number of nitrogens with one attached hydrogen (secondary N) is 2. The van der Waals surface area contributed by atoms with E-state index >= 15 is 0 Å². The molecule has 1 aliphatic rings. The zero-order chi connectivity index (χ0) is 21.3. The summed E-state index contributed by atoms with van der Waals surface area (Å²) in [7, 11) is 7.53. The molecule has 0 spiro atoms. The van der Waals surface area contributed by atoms with E-state index in [9.17, 15) is 0 Å². The number of ether oxygens (including phenoxy) is 1. The van der Waals surface area contributed by atoms with E-state index in [1.165, 1.54) is 18.4 Å². The van der Waals surface area contributed by atoms with E-state index < -0.39 is 0 Å². The number of pyridine rings is 1. The molecule has 2 aromatic rings. The first-order valence-corrected chi connectivity index (χ1v) is 10.6. The second kappa shape index (κ2) is 10.8. The number of guanidine groups is 1. The monoisotopic (exact) mass is 410 g/mol. The third-order valence-corrected chi connectivity index (χ3v) is 5.45. The highest BCUT2D eigenvalue weighted by Crippen LogP contribution is 2.31. The number of anilines is 1. The van der Waals surface area contributed by atoms with E-state index in [4.69, 9.17) is 4.74 Å². The minimum absolute atomic E-state index is 0.234. The first-order chi connectivity index (χ1) is 14.6. The Bertz CT molecular complexity index is 832. The smallest absolute Gasteiger partial charge is 0.191 e. The molecule has 30 heavy (non-hydrogen) atoms. The van der Waals surface area contributed by atoms with Gasteiger partial charge in [0, 0.05) is 33.3 Å². The van der Waals surface area contributed by atoms with E-state index in [0.717, 1.165) is 42.9 Å². The van der Waals surface area contributed by atoms with Gasteiger partial charge in [0.05, 0.1) is 25.4 Å². The Morgan fingerprint density at radius 3 is 2.60 bits per heavy atom. The van der Waals surface area contributed by atoms with Gasteiger partial charge in [-0.05, 0) is 44.1 Å². The van der Waals surface area contributed by atoms with E-state index in [-0.39, 0.29) is 6.04 Å². The summed E-state index contributed by atoms with van der Waals surface area (Å²) in [6.07, 6.45) is 2.49. The second-order valence-corrected chi connectivity index (χ2v) is 7.69. The zero-order valence-electron chi connectivity index (χ0n) is 18.6. The van der Waals surface area contributed by atoms with Crippen LogP contribution >= 0.6 is 0 Å². The van der Waals surface area contributed by atoms with Crippen molar-refractivity contribution in [1.29, 1.82) is 0 Å². The van der Waals surface area contributed by atoms with Gasteiger partial charge in [0.15, 0.2) is 5.96 Å².